The number of anilines is 1. The Morgan fingerprint density at radius 3 is 2.57 bits per heavy atom. The minimum absolute atomic E-state index is 0.0776. The minimum atomic E-state index is -3.95. The van der Waals surface area contributed by atoms with E-state index in [1.807, 2.05) is 0 Å². The molecule has 2 aromatic heterocycles. The van der Waals surface area contributed by atoms with Crippen LogP contribution in [0.25, 0.3) is 0 Å². The molecule has 0 saturated carbocycles. The molecule has 0 aliphatic carbocycles. The van der Waals surface area contributed by atoms with Crippen molar-refractivity contribution in [3.05, 3.63) is 17.2 Å². The Hall–Kier alpha value is -2.43. The molecule has 0 amide bonds. The van der Waals surface area contributed by atoms with Crippen molar-refractivity contribution in [1.29, 1.82) is 0 Å². The normalized spacial score (nSPS) is 11.6. The van der Waals surface area contributed by atoms with E-state index in [-0.39, 0.29) is 22.2 Å². The highest BCUT2D eigenvalue weighted by molar-refractivity contribution is 7.92. The summed E-state index contributed by atoms with van der Waals surface area (Å²) in [5.74, 6) is -0.734. The molecular weight excluding hydrogens is 300 g/mol. The van der Waals surface area contributed by atoms with Crippen LogP contribution in [0.3, 0.4) is 0 Å². The molecule has 0 fully saturated rings. The van der Waals surface area contributed by atoms with Gasteiger partial charge >= 0.3 is 5.97 Å². The predicted molar refractivity (Wildman–Crippen MR) is 71.3 cm³/mol. The molecule has 0 spiro atoms. The van der Waals surface area contributed by atoms with Gasteiger partial charge in [-0.25, -0.2) is 13.1 Å². The van der Waals surface area contributed by atoms with Crippen molar-refractivity contribution in [3.63, 3.8) is 0 Å². The van der Waals surface area contributed by atoms with Gasteiger partial charge in [-0.3, -0.25) is 14.6 Å². The first-order valence-electron chi connectivity index (χ1n) is 5.88. The van der Waals surface area contributed by atoms with E-state index in [4.69, 9.17) is 5.11 Å². The molecule has 11 heteroatoms. The van der Waals surface area contributed by atoms with Gasteiger partial charge in [0.2, 0.25) is 0 Å². The molecule has 0 atom stereocenters. The van der Waals surface area contributed by atoms with Crippen LogP contribution in [0.5, 0.6) is 0 Å². The van der Waals surface area contributed by atoms with E-state index in [0.29, 0.717) is 5.82 Å². The van der Waals surface area contributed by atoms with E-state index in [0.717, 1.165) is 4.68 Å². The molecule has 0 aliphatic rings. The molecule has 2 rings (SSSR count). The highest BCUT2D eigenvalue weighted by Gasteiger charge is 2.26. The van der Waals surface area contributed by atoms with Gasteiger partial charge in [0.15, 0.2) is 0 Å². The summed E-state index contributed by atoms with van der Waals surface area (Å²) in [5, 5.41) is 18.9. The topological polar surface area (TPSA) is 143 Å². The lowest BCUT2D eigenvalue weighted by Crippen LogP contribution is -2.17. The van der Waals surface area contributed by atoms with Gasteiger partial charge in [0.05, 0.1) is 11.4 Å². The van der Waals surface area contributed by atoms with Crippen LogP contribution >= 0.6 is 0 Å². The lowest BCUT2D eigenvalue weighted by Gasteiger charge is -2.05. The number of sulfonamides is 1. The summed E-state index contributed by atoms with van der Waals surface area (Å²) in [6, 6.07) is 0. The molecule has 2 aromatic rings. The average molecular weight is 314 g/mol. The highest BCUT2D eigenvalue weighted by atomic mass is 32.2. The third-order valence-corrected chi connectivity index (χ3v) is 4.27. The van der Waals surface area contributed by atoms with Crippen molar-refractivity contribution in [2.45, 2.75) is 32.2 Å². The Morgan fingerprint density at radius 1 is 1.38 bits per heavy atom. The van der Waals surface area contributed by atoms with Crippen LogP contribution in [0.4, 0.5) is 5.95 Å². The zero-order valence-electron chi connectivity index (χ0n) is 11.6. The van der Waals surface area contributed by atoms with Crippen molar-refractivity contribution in [1.82, 2.24) is 25.0 Å². The Labute approximate surface area is 120 Å². The number of aliphatic carboxylic acids is 1. The third-order valence-electron chi connectivity index (χ3n) is 2.69. The molecule has 0 unspecified atom stereocenters. The second kappa shape index (κ2) is 5.16. The summed E-state index contributed by atoms with van der Waals surface area (Å²) in [7, 11) is -3.95. The molecule has 3 N–H and O–H groups in total. The van der Waals surface area contributed by atoms with Crippen LogP contribution in [0.15, 0.2) is 4.90 Å². The lowest BCUT2D eigenvalue weighted by atomic mass is 10.4. The maximum atomic E-state index is 12.3. The lowest BCUT2D eigenvalue weighted by molar-refractivity contribution is -0.137. The van der Waals surface area contributed by atoms with Gasteiger partial charge in [0.25, 0.3) is 16.0 Å². The molecule has 0 bridgehead atoms. The monoisotopic (exact) mass is 314 g/mol. The summed E-state index contributed by atoms with van der Waals surface area (Å²) in [6.07, 6.45) is 0. The van der Waals surface area contributed by atoms with Crippen LogP contribution in [0.2, 0.25) is 0 Å². The van der Waals surface area contributed by atoms with E-state index in [1.165, 1.54) is 13.8 Å². The van der Waals surface area contributed by atoms with Crippen molar-refractivity contribution in [2.75, 3.05) is 4.72 Å². The first-order valence-corrected chi connectivity index (χ1v) is 7.36. The number of carboxylic acid groups (broad SMARTS) is 1. The second-order valence-corrected chi connectivity index (χ2v) is 6.02. The predicted octanol–water partition coefficient (Wildman–Crippen LogP) is -0.188. The van der Waals surface area contributed by atoms with Gasteiger partial charge in [0, 0.05) is 0 Å². The number of rotatable bonds is 5. The molecule has 0 aromatic carbocycles. The maximum absolute atomic E-state index is 12.3. The quantitative estimate of drug-likeness (QED) is 0.694. The molecular formula is C10H14N6O4S. The molecule has 114 valence electrons. The van der Waals surface area contributed by atoms with Gasteiger partial charge in [-0.2, -0.15) is 10.1 Å². The number of hydrogen-bond acceptors (Lipinski definition) is 6. The number of hydrogen-bond donors (Lipinski definition) is 3. The number of carboxylic acids is 1. The van der Waals surface area contributed by atoms with Crippen molar-refractivity contribution >= 4 is 21.9 Å². The number of aryl methyl sites for hydroxylation is 2. The smallest absolute Gasteiger partial charge is 0.325 e. The largest absolute Gasteiger partial charge is 0.480 e. The first-order chi connectivity index (χ1) is 9.70. The fraction of sp³-hybridized carbons (Fsp3) is 0.400. The molecule has 21 heavy (non-hydrogen) atoms. The van der Waals surface area contributed by atoms with E-state index < -0.39 is 22.5 Å². The van der Waals surface area contributed by atoms with E-state index in [9.17, 15) is 13.2 Å². The fourth-order valence-corrected chi connectivity index (χ4v) is 3.27. The molecule has 2 heterocycles. The van der Waals surface area contributed by atoms with Crippen molar-refractivity contribution in [3.8, 4) is 0 Å². The second-order valence-electron chi connectivity index (χ2n) is 4.40. The van der Waals surface area contributed by atoms with Crippen molar-refractivity contribution < 1.29 is 18.3 Å². The van der Waals surface area contributed by atoms with Crippen molar-refractivity contribution in [2.24, 2.45) is 0 Å². The number of carbonyl (C=O) groups is 1. The minimum Gasteiger partial charge on any atom is -0.480 e. The third kappa shape index (κ3) is 3.02. The number of H-pyrrole nitrogens is 1. The molecule has 0 saturated heterocycles. The summed E-state index contributed by atoms with van der Waals surface area (Å²) in [5.41, 5.74) is 0.433. The van der Waals surface area contributed by atoms with Gasteiger partial charge in [-0.15, -0.1) is 5.10 Å². The van der Waals surface area contributed by atoms with E-state index in [2.05, 4.69) is 25.0 Å². The summed E-state index contributed by atoms with van der Waals surface area (Å²) in [6.45, 7) is 4.19. The number of aromatic nitrogens is 5. The zero-order valence-corrected chi connectivity index (χ0v) is 12.4. The zero-order chi connectivity index (χ0) is 15.8. The Kier molecular flexibility index (Phi) is 3.68. The maximum Gasteiger partial charge on any atom is 0.325 e. The summed E-state index contributed by atoms with van der Waals surface area (Å²) in [4.78, 5) is 14.5. The Bertz CT molecular complexity index is 791. The van der Waals surface area contributed by atoms with E-state index >= 15 is 0 Å². The van der Waals surface area contributed by atoms with Crippen LogP contribution in [0.1, 0.15) is 17.2 Å². The van der Waals surface area contributed by atoms with Gasteiger partial charge in [-0.1, -0.05) is 0 Å². The van der Waals surface area contributed by atoms with Crippen LogP contribution < -0.4 is 4.72 Å². The van der Waals surface area contributed by atoms with Crippen LogP contribution in [0, 0.1) is 20.8 Å². The summed E-state index contributed by atoms with van der Waals surface area (Å²) < 4.78 is 28.0. The van der Waals surface area contributed by atoms with Gasteiger partial charge < -0.3 is 5.11 Å². The first kappa shape index (κ1) is 15.0. The van der Waals surface area contributed by atoms with Gasteiger partial charge in [-0.05, 0) is 20.8 Å². The Morgan fingerprint density at radius 2 is 2.05 bits per heavy atom. The Balaban J connectivity index is 2.40. The molecule has 0 radical (unpaired) electrons. The molecule has 10 nitrogen and oxygen atoms in total. The molecule has 0 aliphatic heterocycles. The fourth-order valence-electron chi connectivity index (χ4n) is 1.91. The summed E-state index contributed by atoms with van der Waals surface area (Å²) >= 11 is 0. The number of aromatic amines is 1. The number of nitrogens with zero attached hydrogens (tertiary/aromatic N) is 4. The number of nitrogens with one attached hydrogen (secondary N) is 2. The SMILES string of the molecule is Cc1nc(NS(=O)(=O)c2c(C)nn(CC(=O)O)c2C)n[nH]1. The van der Waals surface area contributed by atoms with Crippen LogP contribution in [-0.4, -0.2) is 44.5 Å². The van der Waals surface area contributed by atoms with Gasteiger partial charge in [0.1, 0.15) is 17.3 Å². The van der Waals surface area contributed by atoms with E-state index in [1.54, 1.807) is 6.92 Å². The highest BCUT2D eigenvalue weighted by Crippen LogP contribution is 2.21. The average Bonchev–Trinajstić information content (AvgIpc) is 2.82. The van der Waals surface area contributed by atoms with Crippen LogP contribution in [-0.2, 0) is 21.4 Å². The standard InChI is InChI=1S/C10H14N6O4S/c1-5-9(6(2)16(14-5)4-8(17)18)21(19,20)15-10-11-7(3)12-13-10/h4H2,1-3H3,(H,17,18)(H2,11,12,13,15).